The maximum Gasteiger partial charge on any atom is 0.269 e. The van der Waals surface area contributed by atoms with E-state index in [1.165, 1.54) is 24.1 Å². The molecule has 1 aliphatic rings. The number of fused-ring (bicyclic) bond motifs is 1. The van der Waals surface area contributed by atoms with E-state index in [0.717, 1.165) is 5.56 Å². The first kappa shape index (κ1) is 11.5. The third kappa shape index (κ3) is 2.12. The highest BCUT2D eigenvalue weighted by Crippen LogP contribution is 2.30. The van der Waals surface area contributed by atoms with Gasteiger partial charge in [0, 0.05) is 31.4 Å². The summed E-state index contributed by atoms with van der Waals surface area (Å²) in [5.74, 6) is -0.0202. The Balaban J connectivity index is 2.40. The van der Waals surface area contributed by atoms with Gasteiger partial charge in [0.05, 0.1) is 4.92 Å². The third-order valence-corrected chi connectivity index (χ3v) is 2.73. The quantitative estimate of drug-likeness (QED) is 0.588. The number of nitrogens with zero attached hydrogens (tertiary/aromatic N) is 2. The number of anilines is 1. The molecule has 2 rings (SSSR count). The molecule has 0 unspecified atom stereocenters. The summed E-state index contributed by atoms with van der Waals surface area (Å²) in [6, 6.07) is 4.52. The summed E-state index contributed by atoms with van der Waals surface area (Å²) in [7, 11) is 1.51. The predicted octanol–water partition coefficient (Wildman–Crippen LogP) is 1.48. The number of rotatable bonds is 3. The standard InChI is InChI=1S/C11H12N2O4/c1-17-7-12-10-4-3-9(13(15)16)6-8(10)2-5-11(12)14/h3-4,6H,2,5,7H2,1H3. The van der Waals surface area contributed by atoms with Gasteiger partial charge in [-0.05, 0) is 18.1 Å². The summed E-state index contributed by atoms with van der Waals surface area (Å²) in [6.07, 6.45) is 0.896. The van der Waals surface area contributed by atoms with Gasteiger partial charge in [0.2, 0.25) is 5.91 Å². The van der Waals surface area contributed by atoms with E-state index in [1.807, 2.05) is 0 Å². The first-order chi connectivity index (χ1) is 8.13. The summed E-state index contributed by atoms with van der Waals surface area (Å²) < 4.78 is 4.96. The van der Waals surface area contributed by atoms with Crippen molar-refractivity contribution in [3.8, 4) is 0 Å². The first-order valence-electron chi connectivity index (χ1n) is 5.20. The van der Waals surface area contributed by atoms with Gasteiger partial charge in [-0.25, -0.2) is 0 Å². The zero-order valence-corrected chi connectivity index (χ0v) is 9.38. The molecule has 90 valence electrons. The van der Waals surface area contributed by atoms with Crippen molar-refractivity contribution in [2.24, 2.45) is 0 Å². The number of nitro benzene ring substituents is 1. The maximum atomic E-state index is 11.7. The highest BCUT2D eigenvalue weighted by Gasteiger charge is 2.25. The summed E-state index contributed by atoms with van der Waals surface area (Å²) >= 11 is 0. The number of ether oxygens (including phenoxy) is 1. The molecule has 1 amide bonds. The third-order valence-electron chi connectivity index (χ3n) is 2.73. The van der Waals surface area contributed by atoms with Crippen LogP contribution in [-0.2, 0) is 16.0 Å². The normalized spacial score (nSPS) is 14.6. The van der Waals surface area contributed by atoms with Crippen LogP contribution in [0, 0.1) is 10.1 Å². The molecule has 1 aromatic rings. The number of carbonyl (C=O) groups excluding carboxylic acids is 1. The minimum Gasteiger partial charge on any atom is -0.364 e. The highest BCUT2D eigenvalue weighted by atomic mass is 16.6. The largest absolute Gasteiger partial charge is 0.364 e. The van der Waals surface area contributed by atoms with Crippen LogP contribution in [0.2, 0.25) is 0 Å². The van der Waals surface area contributed by atoms with Crippen molar-refractivity contribution in [3.63, 3.8) is 0 Å². The van der Waals surface area contributed by atoms with E-state index in [0.29, 0.717) is 18.5 Å². The van der Waals surface area contributed by atoms with Crippen LogP contribution < -0.4 is 4.90 Å². The lowest BCUT2D eigenvalue weighted by Crippen LogP contribution is -2.36. The molecular formula is C11H12N2O4. The van der Waals surface area contributed by atoms with E-state index >= 15 is 0 Å². The average molecular weight is 236 g/mol. The molecule has 0 saturated carbocycles. The fraction of sp³-hybridized carbons (Fsp3) is 0.364. The minimum absolute atomic E-state index is 0.0202. The van der Waals surface area contributed by atoms with Gasteiger partial charge in [-0.2, -0.15) is 0 Å². The van der Waals surface area contributed by atoms with Gasteiger partial charge >= 0.3 is 0 Å². The van der Waals surface area contributed by atoms with Crippen molar-refractivity contribution in [3.05, 3.63) is 33.9 Å². The molecule has 0 fully saturated rings. The lowest BCUT2D eigenvalue weighted by atomic mass is 10.0. The number of hydrogen-bond acceptors (Lipinski definition) is 4. The zero-order chi connectivity index (χ0) is 12.4. The molecule has 1 aliphatic heterocycles. The van der Waals surface area contributed by atoms with Crippen LogP contribution in [0.3, 0.4) is 0 Å². The number of amides is 1. The fourth-order valence-corrected chi connectivity index (χ4v) is 1.93. The van der Waals surface area contributed by atoms with Gasteiger partial charge in [-0.15, -0.1) is 0 Å². The molecule has 0 bridgehead atoms. The number of benzene rings is 1. The van der Waals surface area contributed by atoms with Crippen molar-refractivity contribution in [1.82, 2.24) is 0 Å². The number of carbonyl (C=O) groups is 1. The monoisotopic (exact) mass is 236 g/mol. The van der Waals surface area contributed by atoms with Crippen LogP contribution in [0.4, 0.5) is 11.4 Å². The Morgan fingerprint density at radius 2 is 2.24 bits per heavy atom. The Morgan fingerprint density at radius 1 is 1.47 bits per heavy atom. The number of methoxy groups -OCH3 is 1. The van der Waals surface area contributed by atoms with Crippen LogP contribution >= 0.6 is 0 Å². The SMILES string of the molecule is COCN1C(=O)CCc2cc([N+](=O)[O-])ccc21. The summed E-state index contributed by atoms with van der Waals surface area (Å²) in [5.41, 5.74) is 1.57. The van der Waals surface area contributed by atoms with Crippen molar-refractivity contribution in [2.75, 3.05) is 18.7 Å². The van der Waals surface area contributed by atoms with Crippen LogP contribution in [0.15, 0.2) is 18.2 Å². The average Bonchev–Trinajstić information content (AvgIpc) is 2.32. The Hall–Kier alpha value is -1.95. The molecule has 6 heteroatoms. The zero-order valence-electron chi connectivity index (χ0n) is 9.38. The topological polar surface area (TPSA) is 72.7 Å². The van der Waals surface area contributed by atoms with Crippen molar-refractivity contribution >= 4 is 17.3 Å². The van der Waals surface area contributed by atoms with Crippen LogP contribution in [0.1, 0.15) is 12.0 Å². The minimum atomic E-state index is -0.433. The molecule has 17 heavy (non-hydrogen) atoms. The number of nitro groups is 1. The molecule has 0 radical (unpaired) electrons. The molecule has 0 N–H and O–H groups in total. The Morgan fingerprint density at radius 3 is 2.88 bits per heavy atom. The summed E-state index contributed by atoms with van der Waals surface area (Å²) in [4.78, 5) is 23.4. The van der Waals surface area contributed by atoms with E-state index in [2.05, 4.69) is 0 Å². The Labute approximate surface area is 97.9 Å². The lowest BCUT2D eigenvalue weighted by molar-refractivity contribution is -0.384. The predicted molar refractivity (Wildman–Crippen MR) is 60.8 cm³/mol. The van der Waals surface area contributed by atoms with Gasteiger partial charge in [-0.1, -0.05) is 0 Å². The van der Waals surface area contributed by atoms with Crippen molar-refractivity contribution in [1.29, 1.82) is 0 Å². The molecule has 0 aromatic heterocycles. The molecule has 0 saturated heterocycles. The van der Waals surface area contributed by atoms with Crippen molar-refractivity contribution < 1.29 is 14.5 Å². The van der Waals surface area contributed by atoms with Crippen molar-refractivity contribution in [2.45, 2.75) is 12.8 Å². The highest BCUT2D eigenvalue weighted by molar-refractivity contribution is 5.96. The summed E-state index contributed by atoms with van der Waals surface area (Å²) in [6.45, 7) is 0.170. The van der Waals surface area contributed by atoms with E-state index in [1.54, 1.807) is 6.07 Å². The first-order valence-corrected chi connectivity index (χ1v) is 5.20. The summed E-state index contributed by atoms with van der Waals surface area (Å²) in [5, 5.41) is 10.7. The number of non-ortho nitro benzene ring substituents is 1. The Kier molecular flexibility index (Phi) is 3.06. The lowest BCUT2D eigenvalue weighted by Gasteiger charge is -2.28. The number of hydrogen-bond donors (Lipinski definition) is 0. The smallest absolute Gasteiger partial charge is 0.269 e. The van der Waals surface area contributed by atoms with Gasteiger partial charge in [0.1, 0.15) is 6.73 Å². The van der Waals surface area contributed by atoms with Crippen LogP contribution in [0.25, 0.3) is 0 Å². The van der Waals surface area contributed by atoms with E-state index in [4.69, 9.17) is 4.74 Å². The van der Waals surface area contributed by atoms with Crippen LogP contribution in [0.5, 0.6) is 0 Å². The number of aryl methyl sites for hydroxylation is 1. The van der Waals surface area contributed by atoms with Crippen LogP contribution in [-0.4, -0.2) is 24.7 Å². The van der Waals surface area contributed by atoms with E-state index < -0.39 is 4.92 Å². The second-order valence-electron chi connectivity index (χ2n) is 3.81. The molecule has 1 aromatic carbocycles. The molecular weight excluding hydrogens is 224 g/mol. The molecule has 0 aliphatic carbocycles. The molecule has 1 heterocycles. The van der Waals surface area contributed by atoms with Gasteiger partial charge in [-0.3, -0.25) is 19.8 Å². The maximum absolute atomic E-state index is 11.7. The second-order valence-corrected chi connectivity index (χ2v) is 3.81. The molecule has 0 spiro atoms. The van der Waals surface area contributed by atoms with Gasteiger partial charge < -0.3 is 4.74 Å². The fourth-order valence-electron chi connectivity index (χ4n) is 1.93. The van der Waals surface area contributed by atoms with E-state index in [9.17, 15) is 14.9 Å². The molecule has 6 nitrogen and oxygen atoms in total. The van der Waals surface area contributed by atoms with Gasteiger partial charge in [0.25, 0.3) is 5.69 Å². The Bertz CT molecular complexity index is 473. The second kappa shape index (κ2) is 4.50. The van der Waals surface area contributed by atoms with Gasteiger partial charge in [0.15, 0.2) is 0 Å². The van der Waals surface area contributed by atoms with E-state index in [-0.39, 0.29) is 18.3 Å². The molecule has 0 atom stereocenters.